The van der Waals surface area contributed by atoms with E-state index < -0.39 is 5.97 Å². The Morgan fingerprint density at radius 3 is 2.50 bits per heavy atom. The second-order valence-electron chi connectivity index (χ2n) is 4.97. The molecule has 4 heteroatoms. The second-order valence-corrected chi connectivity index (χ2v) is 6.03. The molecular formula is C18H15NO2S. The summed E-state index contributed by atoms with van der Waals surface area (Å²) in [7, 11) is 0. The Morgan fingerprint density at radius 1 is 1.09 bits per heavy atom. The first-order valence-electron chi connectivity index (χ1n) is 6.95. The normalized spacial score (nSPS) is 10.6. The maximum absolute atomic E-state index is 11.9. The standard InChI is InChI=1S/C18H15NO2S/c1-12-14-9-5-6-10-16(14)22-17(12)15(19)11-21-18(20)13-7-3-2-4-8-13/h2-10,19H,11H2,1H3. The number of hydrogen-bond donors (Lipinski definition) is 1. The second kappa shape index (κ2) is 6.12. The van der Waals surface area contributed by atoms with E-state index in [0.717, 1.165) is 20.5 Å². The molecule has 1 N–H and O–H groups in total. The number of fused-ring (bicyclic) bond motifs is 1. The van der Waals surface area contributed by atoms with Crippen molar-refractivity contribution in [3.05, 3.63) is 70.6 Å². The molecular weight excluding hydrogens is 294 g/mol. The van der Waals surface area contributed by atoms with Crippen LogP contribution in [0.5, 0.6) is 0 Å². The molecule has 3 nitrogen and oxygen atoms in total. The van der Waals surface area contributed by atoms with Gasteiger partial charge >= 0.3 is 5.97 Å². The fraction of sp³-hybridized carbons (Fsp3) is 0.111. The van der Waals surface area contributed by atoms with Gasteiger partial charge in [0.05, 0.1) is 16.2 Å². The molecule has 0 bridgehead atoms. The van der Waals surface area contributed by atoms with Crippen LogP contribution in [0.2, 0.25) is 0 Å². The molecule has 0 aliphatic heterocycles. The van der Waals surface area contributed by atoms with Gasteiger partial charge in [-0.1, -0.05) is 36.4 Å². The number of carbonyl (C=O) groups excluding carboxylic acids is 1. The number of benzene rings is 2. The SMILES string of the molecule is Cc1c(C(=N)COC(=O)c2ccccc2)sc2ccccc12. The average Bonchev–Trinajstić information content (AvgIpc) is 2.90. The molecule has 0 fully saturated rings. The van der Waals surface area contributed by atoms with E-state index in [9.17, 15) is 4.79 Å². The Balaban J connectivity index is 1.74. The molecule has 0 unspecified atom stereocenters. The Labute approximate surface area is 132 Å². The van der Waals surface area contributed by atoms with E-state index >= 15 is 0 Å². The van der Waals surface area contributed by atoms with Crippen molar-refractivity contribution < 1.29 is 9.53 Å². The van der Waals surface area contributed by atoms with Crippen LogP contribution >= 0.6 is 11.3 Å². The van der Waals surface area contributed by atoms with Crippen LogP contribution in [0.4, 0.5) is 0 Å². The monoisotopic (exact) mass is 309 g/mol. The molecule has 3 aromatic rings. The van der Waals surface area contributed by atoms with Crippen LogP contribution in [-0.4, -0.2) is 18.3 Å². The molecule has 0 radical (unpaired) electrons. The first-order chi connectivity index (χ1) is 10.7. The smallest absolute Gasteiger partial charge is 0.338 e. The molecule has 1 aromatic heterocycles. The summed E-state index contributed by atoms with van der Waals surface area (Å²) in [5.74, 6) is -0.399. The van der Waals surface area contributed by atoms with E-state index in [1.165, 1.54) is 0 Å². The van der Waals surface area contributed by atoms with Crippen molar-refractivity contribution in [2.24, 2.45) is 0 Å². The highest BCUT2D eigenvalue weighted by Crippen LogP contribution is 2.30. The Morgan fingerprint density at radius 2 is 1.77 bits per heavy atom. The molecule has 3 rings (SSSR count). The van der Waals surface area contributed by atoms with Gasteiger partial charge in [0.25, 0.3) is 0 Å². The van der Waals surface area contributed by atoms with Gasteiger partial charge in [0.2, 0.25) is 0 Å². The number of hydrogen-bond acceptors (Lipinski definition) is 4. The summed E-state index contributed by atoms with van der Waals surface area (Å²) in [6.45, 7) is 1.99. The highest BCUT2D eigenvalue weighted by molar-refractivity contribution is 7.21. The Hall–Kier alpha value is -2.46. The van der Waals surface area contributed by atoms with Crippen LogP contribution in [0, 0.1) is 12.3 Å². The molecule has 1 heterocycles. The third-order valence-electron chi connectivity index (χ3n) is 3.47. The van der Waals surface area contributed by atoms with Gasteiger partial charge in [-0.05, 0) is 36.1 Å². The zero-order chi connectivity index (χ0) is 15.5. The van der Waals surface area contributed by atoms with Crippen molar-refractivity contribution in [2.75, 3.05) is 6.61 Å². The molecule has 22 heavy (non-hydrogen) atoms. The van der Waals surface area contributed by atoms with Gasteiger partial charge in [-0.15, -0.1) is 11.3 Å². The minimum atomic E-state index is -0.399. The largest absolute Gasteiger partial charge is 0.456 e. The van der Waals surface area contributed by atoms with Gasteiger partial charge in [0.1, 0.15) is 6.61 Å². The van der Waals surface area contributed by atoms with Crippen molar-refractivity contribution in [2.45, 2.75) is 6.92 Å². The lowest BCUT2D eigenvalue weighted by Crippen LogP contribution is -2.14. The molecule has 0 saturated heterocycles. The molecule has 0 saturated carbocycles. The summed E-state index contributed by atoms with van der Waals surface area (Å²) in [5.41, 5.74) is 1.91. The highest BCUT2D eigenvalue weighted by atomic mass is 32.1. The summed E-state index contributed by atoms with van der Waals surface area (Å²) < 4.78 is 6.39. The van der Waals surface area contributed by atoms with Crippen LogP contribution in [0.3, 0.4) is 0 Å². The Bertz CT molecular complexity index is 837. The van der Waals surface area contributed by atoms with E-state index in [0.29, 0.717) is 11.3 Å². The maximum atomic E-state index is 11.9. The molecule has 0 atom stereocenters. The molecule has 0 aliphatic carbocycles. The predicted octanol–water partition coefficient (Wildman–Crippen LogP) is 4.43. The first kappa shape index (κ1) is 14.5. The van der Waals surface area contributed by atoms with E-state index in [-0.39, 0.29) is 6.61 Å². The van der Waals surface area contributed by atoms with Crippen LogP contribution in [-0.2, 0) is 4.74 Å². The van der Waals surface area contributed by atoms with Crippen molar-refractivity contribution in [3.8, 4) is 0 Å². The number of esters is 1. The highest BCUT2D eigenvalue weighted by Gasteiger charge is 2.14. The van der Waals surface area contributed by atoms with Crippen molar-refractivity contribution in [1.82, 2.24) is 0 Å². The van der Waals surface area contributed by atoms with Gasteiger partial charge in [-0.3, -0.25) is 0 Å². The number of nitrogens with one attached hydrogen (secondary N) is 1. The molecule has 110 valence electrons. The lowest BCUT2D eigenvalue weighted by molar-refractivity contribution is 0.0563. The molecule has 2 aromatic carbocycles. The van der Waals surface area contributed by atoms with Crippen LogP contribution < -0.4 is 0 Å². The zero-order valence-corrected chi connectivity index (χ0v) is 12.9. The molecule has 0 amide bonds. The van der Waals surface area contributed by atoms with Gasteiger partial charge < -0.3 is 10.1 Å². The van der Waals surface area contributed by atoms with Gasteiger partial charge in [0.15, 0.2) is 0 Å². The van der Waals surface area contributed by atoms with Crippen molar-refractivity contribution in [3.63, 3.8) is 0 Å². The Kier molecular flexibility index (Phi) is 4.02. The summed E-state index contributed by atoms with van der Waals surface area (Å²) in [5, 5.41) is 9.35. The summed E-state index contributed by atoms with van der Waals surface area (Å²) in [6.07, 6.45) is 0. The zero-order valence-electron chi connectivity index (χ0n) is 12.1. The first-order valence-corrected chi connectivity index (χ1v) is 7.76. The quantitative estimate of drug-likeness (QED) is 0.572. The lowest BCUT2D eigenvalue weighted by atomic mass is 10.1. The topological polar surface area (TPSA) is 50.1 Å². The minimum absolute atomic E-state index is 0.0125. The van der Waals surface area contributed by atoms with Crippen molar-refractivity contribution in [1.29, 1.82) is 5.41 Å². The number of aryl methyl sites for hydroxylation is 1. The lowest BCUT2D eigenvalue weighted by Gasteiger charge is -2.06. The number of thiophene rings is 1. The fourth-order valence-electron chi connectivity index (χ4n) is 2.32. The third-order valence-corrected chi connectivity index (χ3v) is 4.81. The summed E-state index contributed by atoms with van der Waals surface area (Å²) in [4.78, 5) is 12.8. The summed E-state index contributed by atoms with van der Waals surface area (Å²) in [6, 6.07) is 16.9. The number of carbonyl (C=O) groups is 1. The number of ether oxygens (including phenoxy) is 1. The maximum Gasteiger partial charge on any atom is 0.338 e. The molecule has 0 aliphatic rings. The van der Waals surface area contributed by atoms with Gasteiger partial charge in [-0.2, -0.15) is 0 Å². The molecule has 0 spiro atoms. The van der Waals surface area contributed by atoms with Gasteiger partial charge in [0, 0.05) is 4.70 Å². The number of rotatable bonds is 4. The fourth-order valence-corrected chi connectivity index (χ4v) is 3.47. The van der Waals surface area contributed by atoms with E-state index in [2.05, 4.69) is 0 Å². The summed E-state index contributed by atoms with van der Waals surface area (Å²) >= 11 is 1.56. The van der Waals surface area contributed by atoms with E-state index in [1.54, 1.807) is 35.6 Å². The predicted molar refractivity (Wildman–Crippen MR) is 90.1 cm³/mol. The van der Waals surface area contributed by atoms with E-state index in [1.807, 2.05) is 37.3 Å². The van der Waals surface area contributed by atoms with Crippen LogP contribution in [0.1, 0.15) is 20.8 Å². The average molecular weight is 309 g/mol. The van der Waals surface area contributed by atoms with Gasteiger partial charge in [-0.25, -0.2) is 4.79 Å². The third kappa shape index (κ3) is 2.78. The van der Waals surface area contributed by atoms with Crippen LogP contribution in [0.15, 0.2) is 54.6 Å². The van der Waals surface area contributed by atoms with Crippen LogP contribution in [0.25, 0.3) is 10.1 Å². The van der Waals surface area contributed by atoms with Crippen molar-refractivity contribution >= 4 is 33.1 Å². The minimum Gasteiger partial charge on any atom is -0.456 e. The van der Waals surface area contributed by atoms with E-state index in [4.69, 9.17) is 10.1 Å².